The van der Waals surface area contributed by atoms with E-state index < -0.39 is 4.92 Å². The molecule has 1 heterocycles. The van der Waals surface area contributed by atoms with E-state index in [0.29, 0.717) is 26.9 Å². The number of benzene rings is 3. The van der Waals surface area contributed by atoms with Crippen LogP contribution in [-0.2, 0) is 4.79 Å². The predicted octanol–water partition coefficient (Wildman–Crippen LogP) is 6.04. The Morgan fingerprint density at radius 3 is 2.40 bits per heavy atom. The van der Waals surface area contributed by atoms with Crippen LogP contribution >= 0.6 is 22.9 Å². The molecule has 0 bridgehead atoms. The van der Waals surface area contributed by atoms with E-state index in [4.69, 9.17) is 11.6 Å². The van der Waals surface area contributed by atoms with Crippen molar-refractivity contribution in [2.24, 2.45) is 0 Å². The zero-order chi connectivity index (χ0) is 21.1. The lowest BCUT2D eigenvalue weighted by molar-refractivity contribution is -0.384. The van der Waals surface area contributed by atoms with Crippen molar-refractivity contribution in [1.82, 2.24) is 4.98 Å². The maximum atomic E-state index is 13.1. The highest BCUT2D eigenvalue weighted by Crippen LogP contribution is 2.30. The van der Waals surface area contributed by atoms with Crippen molar-refractivity contribution in [1.29, 1.82) is 0 Å². The monoisotopic (exact) mass is 435 g/mol. The summed E-state index contributed by atoms with van der Waals surface area (Å²) in [6.07, 6.45) is 1.67. The van der Waals surface area contributed by atoms with Crippen molar-refractivity contribution in [2.45, 2.75) is 0 Å². The van der Waals surface area contributed by atoms with Crippen LogP contribution in [0.25, 0.3) is 21.9 Å². The van der Waals surface area contributed by atoms with Gasteiger partial charge in [-0.05, 0) is 60.2 Å². The molecule has 0 aliphatic heterocycles. The van der Waals surface area contributed by atoms with Crippen molar-refractivity contribution in [2.75, 3.05) is 5.32 Å². The van der Waals surface area contributed by atoms with E-state index in [1.807, 2.05) is 24.3 Å². The normalized spacial score (nSPS) is 11.4. The number of fused-ring (bicyclic) bond motifs is 1. The Balaban J connectivity index is 1.74. The summed E-state index contributed by atoms with van der Waals surface area (Å²) in [5.74, 6) is -0.338. The lowest BCUT2D eigenvalue weighted by atomic mass is 10.1. The van der Waals surface area contributed by atoms with Crippen molar-refractivity contribution < 1.29 is 9.72 Å². The molecule has 4 rings (SSSR count). The summed E-state index contributed by atoms with van der Waals surface area (Å²) in [7, 11) is 0. The van der Waals surface area contributed by atoms with Crippen LogP contribution in [0, 0.1) is 10.1 Å². The fourth-order valence-corrected chi connectivity index (χ4v) is 3.91. The lowest BCUT2D eigenvalue weighted by Crippen LogP contribution is -2.13. The van der Waals surface area contributed by atoms with Crippen molar-refractivity contribution in [3.8, 4) is 0 Å². The third-order valence-corrected chi connectivity index (χ3v) is 5.61. The molecule has 0 fully saturated rings. The maximum Gasteiger partial charge on any atom is 0.269 e. The van der Waals surface area contributed by atoms with Gasteiger partial charge in [0.1, 0.15) is 5.01 Å². The third-order valence-electron chi connectivity index (χ3n) is 4.29. The van der Waals surface area contributed by atoms with Crippen LogP contribution in [0.3, 0.4) is 0 Å². The summed E-state index contributed by atoms with van der Waals surface area (Å²) < 4.78 is 0.960. The fraction of sp³-hybridized carbons (Fsp3) is 0. The van der Waals surface area contributed by atoms with E-state index in [-0.39, 0.29) is 11.6 Å². The maximum absolute atomic E-state index is 13.1. The molecule has 0 spiro atoms. The van der Waals surface area contributed by atoms with E-state index in [1.54, 1.807) is 42.5 Å². The van der Waals surface area contributed by atoms with E-state index in [0.717, 1.165) is 10.2 Å². The number of carbonyl (C=O) groups excluding carboxylic acids is 1. The number of aromatic nitrogens is 1. The van der Waals surface area contributed by atoms with Gasteiger partial charge in [0.05, 0.1) is 20.7 Å². The number of halogens is 1. The van der Waals surface area contributed by atoms with Gasteiger partial charge in [-0.3, -0.25) is 14.9 Å². The van der Waals surface area contributed by atoms with Gasteiger partial charge >= 0.3 is 0 Å². The molecule has 0 saturated carbocycles. The summed E-state index contributed by atoms with van der Waals surface area (Å²) in [5.41, 5.74) is 2.40. The van der Waals surface area contributed by atoms with Gasteiger partial charge < -0.3 is 5.32 Å². The number of rotatable bonds is 5. The molecule has 8 heteroatoms. The highest BCUT2D eigenvalue weighted by atomic mass is 35.5. The molecule has 0 radical (unpaired) electrons. The van der Waals surface area contributed by atoms with Gasteiger partial charge in [-0.1, -0.05) is 23.7 Å². The molecule has 0 aliphatic carbocycles. The topological polar surface area (TPSA) is 85.1 Å². The first-order valence-electron chi connectivity index (χ1n) is 8.88. The minimum absolute atomic E-state index is 0.0145. The van der Waals surface area contributed by atoms with Gasteiger partial charge in [-0.25, -0.2) is 4.98 Å². The summed E-state index contributed by atoms with van der Waals surface area (Å²) in [6, 6.07) is 20.4. The van der Waals surface area contributed by atoms with Crippen LogP contribution < -0.4 is 5.32 Å². The second kappa shape index (κ2) is 8.44. The first kappa shape index (κ1) is 19.8. The Kier molecular flexibility index (Phi) is 5.56. The van der Waals surface area contributed by atoms with Gasteiger partial charge in [0.2, 0.25) is 0 Å². The largest absolute Gasteiger partial charge is 0.322 e. The van der Waals surface area contributed by atoms with Gasteiger partial charge in [0, 0.05) is 22.8 Å². The van der Waals surface area contributed by atoms with Gasteiger partial charge in [0.25, 0.3) is 11.6 Å². The minimum atomic E-state index is -0.463. The van der Waals surface area contributed by atoms with Crippen LogP contribution in [0.1, 0.15) is 10.6 Å². The Hall–Kier alpha value is -3.55. The molecular formula is C22H14ClN3O3S. The van der Waals surface area contributed by atoms with E-state index in [2.05, 4.69) is 10.3 Å². The molecule has 3 aromatic carbocycles. The van der Waals surface area contributed by atoms with Crippen LogP contribution in [0.2, 0.25) is 5.02 Å². The molecule has 30 heavy (non-hydrogen) atoms. The van der Waals surface area contributed by atoms with Crippen LogP contribution in [0.4, 0.5) is 11.4 Å². The number of carbonyl (C=O) groups is 1. The molecule has 1 aromatic heterocycles. The smallest absolute Gasteiger partial charge is 0.269 e. The highest BCUT2D eigenvalue weighted by molar-refractivity contribution is 7.19. The van der Waals surface area contributed by atoms with Gasteiger partial charge in [-0.15, -0.1) is 11.3 Å². The Bertz CT molecular complexity index is 1230. The van der Waals surface area contributed by atoms with E-state index >= 15 is 0 Å². The first-order valence-corrected chi connectivity index (χ1v) is 10.1. The second-order valence-electron chi connectivity index (χ2n) is 6.35. The molecule has 1 amide bonds. The fourth-order valence-electron chi connectivity index (χ4n) is 2.80. The van der Waals surface area contributed by atoms with Crippen LogP contribution in [0.15, 0.2) is 72.8 Å². The molecule has 0 saturated heterocycles. The minimum Gasteiger partial charge on any atom is -0.322 e. The number of thiazole rings is 1. The lowest BCUT2D eigenvalue weighted by Gasteiger charge is -2.08. The summed E-state index contributed by atoms with van der Waals surface area (Å²) >= 11 is 7.32. The number of amides is 1. The number of nitro groups is 1. The molecule has 0 unspecified atom stereocenters. The third kappa shape index (κ3) is 4.37. The number of hydrogen-bond acceptors (Lipinski definition) is 5. The van der Waals surface area contributed by atoms with Crippen molar-refractivity contribution in [3.63, 3.8) is 0 Å². The molecule has 0 aliphatic rings. The Morgan fingerprint density at radius 2 is 1.73 bits per heavy atom. The standard InChI is InChI=1S/C22H14ClN3O3S/c23-15-7-9-16(10-8-15)24-21(27)18(13-14-5-11-17(12-6-14)26(28)29)22-25-19-3-1-2-4-20(19)30-22/h1-13H,(H,24,27). The van der Waals surface area contributed by atoms with Crippen LogP contribution in [-0.4, -0.2) is 15.8 Å². The molecular weight excluding hydrogens is 422 g/mol. The van der Waals surface area contributed by atoms with Gasteiger partial charge in [0.15, 0.2) is 0 Å². The summed E-state index contributed by atoms with van der Waals surface area (Å²) in [6.45, 7) is 0. The molecule has 1 N–H and O–H groups in total. The SMILES string of the molecule is O=C(Nc1ccc(Cl)cc1)C(=Cc1ccc([N+](=O)[O-])cc1)c1nc2ccccc2s1. The van der Waals surface area contributed by atoms with Crippen molar-refractivity contribution >= 4 is 62.1 Å². The number of anilines is 1. The van der Waals surface area contributed by atoms with Crippen molar-refractivity contribution in [3.05, 3.63) is 98.5 Å². The number of nitrogens with zero attached hydrogens (tertiary/aromatic N) is 2. The number of hydrogen-bond donors (Lipinski definition) is 1. The summed E-state index contributed by atoms with van der Waals surface area (Å²) in [4.78, 5) is 28.1. The quantitative estimate of drug-likeness (QED) is 0.235. The number of non-ortho nitro benzene ring substituents is 1. The highest BCUT2D eigenvalue weighted by Gasteiger charge is 2.17. The Labute approximate surface area is 180 Å². The Morgan fingerprint density at radius 1 is 1.03 bits per heavy atom. The number of para-hydroxylation sites is 1. The molecule has 4 aromatic rings. The average molecular weight is 436 g/mol. The number of nitro benzene ring substituents is 1. The zero-order valence-corrected chi connectivity index (χ0v) is 17.0. The molecule has 148 valence electrons. The second-order valence-corrected chi connectivity index (χ2v) is 7.82. The summed E-state index contributed by atoms with van der Waals surface area (Å²) in [5, 5.41) is 14.9. The molecule has 0 atom stereocenters. The zero-order valence-electron chi connectivity index (χ0n) is 15.4. The average Bonchev–Trinajstić information content (AvgIpc) is 3.17. The van der Waals surface area contributed by atoms with E-state index in [9.17, 15) is 14.9 Å². The molecule has 6 nitrogen and oxygen atoms in total. The van der Waals surface area contributed by atoms with E-state index in [1.165, 1.54) is 23.5 Å². The number of nitrogens with one attached hydrogen (secondary N) is 1. The first-order chi connectivity index (χ1) is 14.5. The van der Waals surface area contributed by atoms with Gasteiger partial charge in [-0.2, -0.15) is 0 Å². The predicted molar refractivity (Wildman–Crippen MR) is 121 cm³/mol. The van der Waals surface area contributed by atoms with Crippen LogP contribution in [0.5, 0.6) is 0 Å².